The highest BCUT2D eigenvalue weighted by molar-refractivity contribution is 6.47. The van der Waals surface area contributed by atoms with Crippen LogP contribution in [0.4, 0.5) is 0 Å². The molecular weight excluding hydrogens is 440 g/mol. The molecule has 0 saturated heterocycles. The number of hydrogen-bond donors (Lipinski definition) is 6. The van der Waals surface area contributed by atoms with E-state index < -0.39 is 75.0 Å². The Bertz CT molecular complexity index is 1550. The predicted molar refractivity (Wildman–Crippen MR) is 108 cm³/mol. The number of fused-ring (bicyclic) bond motifs is 6. The molecule has 5 rings (SSSR count). The zero-order valence-corrected chi connectivity index (χ0v) is 16.2. The van der Waals surface area contributed by atoms with Crippen molar-refractivity contribution in [2.75, 3.05) is 0 Å². The molecule has 0 radical (unpaired) electrons. The van der Waals surface area contributed by atoms with Gasteiger partial charge in [0.15, 0.2) is 11.5 Å². The largest absolute Gasteiger partial charge is 0.506 e. The molecule has 11 heteroatoms. The van der Waals surface area contributed by atoms with Gasteiger partial charge in [0.1, 0.15) is 28.2 Å². The third kappa shape index (κ3) is 2.50. The van der Waals surface area contributed by atoms with Crippen LogP contribution in [0.15, 0.2) is 40.2 Å². The van der Waals surface area contributed by atoms with Crippen LogP contribution in [0.3, 0.4) is 0 Å². The molecule has 0 fully saturated rings. The van der Waals surface area contributed by atoms with Gasteiger partial charge in [0.2, 0.25) is 11.6 Å². The molecule has 0 saturated carbocycles. The summed E-state index contributed by atoms with van der Waals surface area (Å²) in [5.41, 5.74) is -2.48. The summed E-state index contributed by atoms with van der Waals surface area (Å²) in [5.74, 6) is -10.4. The van der Waals surface area contributed by atoms with E-state index in [0.29, 0.717) is 0 Å². The molecule has 11 nitrogen and oxygen atoms in total. The van der Waals surface area contributed by atoms with Gasteiger partial charge >= 0.3 is 11.9 Å². The van der Waals surface area contributed by atoms with Crippen molar-refractivity contribution >= 4 is 45.4 Å². The van der Waals surface area contributed by atoms with E-state index >= 15 is 0 Å². The van der Waals surface area contributed by atoms with Gasteiger partial charge in [-0.25, -0.2) is 9.59 Å². The molecule has 2 unspecified atom stereocenters. The maximum absolute atomic E-state index is 12.8. The number of carboxylic acid groups (broad SMARTS) is 2. The summed E-state index contributed by atoms with van der Waals surface area (Å²) in [6.45, 7) is 0. The molecule has 166 valence electrons. The van der Waals surface area contributed by atoms with Crippen molar-refractivity contribution in [2.45, 2.75) is 5.92 Å². The monoisotopic (exact) mass is 452 g/mol. The summed E-state index contributed by atoms with van der Waals surface area (Å²) in [6, 6.07) is 2.13. The van der Waals surface area contributed by atoms with Gasteiger partial charge in [-0.1, -0.05) is 0 Å². The van der Waals surface area contributed by atoms with Gasteiger partial charge in [-0.2, -0.15) is 0 Å². The van der Waals surface area contributed by atoms with Gasteiger partial charge in [0.25, 0.3) is 0 Å². The smallest absolute Gasteiger partial charge is 0.340 e. The summed E-state index contributed by atoms with van der Waals surface area (Å²) >= 11 is 0. The number of benzene rings is 2. The Morgan fingerprint density at radius 3 is 1.97 bits per heavy atom. The minimum Gasteiger partial charge on any atom is -0.506 e. The first-order valence-electron chi connectivity index (χ1n) is 9.38. The van der Waals surface area contributed by atoms with Crippen molar-refractivity contribution in [3.8, 4) is 11.5 Å². The van der Waals surface area contributed by atoms with E-state index in [2.05, 4.69) is 0 Å². The summed E-state index contributed by atoms with van der Waals surface area (Å²) in [4.78, 5) is 48.6. The second-order valence-corrected chi connectivity index (χ2v) is 7.64. The zero-order valence-electron chi connectivity index (χ0n) is 16.2. The van der Waals surface area contributed by atoms with Gasteiger partial charge in [-0.3, -0.25) is 9.59 Å². The number of carboxylic acids is 2. The van der Waals surface area contributed by atoms with Crippen LogP contribution < -0.4 is 0 Å². The average molecular weight is 452 g/mol. The number of aliphatic hydroxyl groups excluding tert-OH is 2. The molecule has 0 amide bonds. The Morgan fingerprint density at radius 1 is 0.788 bits per heavy atom. The van der Waals surface area contributed by atoms with Gasteiger partial charge < -0.3 is 35.1 Å². The second-order valence-electron chi connectivity index (χ2n) is 7.64. The number of phenolic OH excluding ortho intramolecular Hbond substituents is 1. The number of aromatic hydroxyl groups is 2. The zero-order chi connectivity index (χ0) is 23.9. The molecule has 0 bridgehead atoms. The molecule has 3 aromatic rings. The molecule has 2 aliphatic rings. The maximum atomic E-state index is 12.8. The first-order chi connectivity index (χ1) is 15.5. The molecule has 2 aromatic carbocycles. The number of furan rings is 1. The highest BCUT2D eigenvalue weighted by Crippen LogP contribution is 2.49. The van der Waals surface area contributed by atoms with Crippen molar-refractivity contribution in [1.29, 1.82) is 0 Å². The minimum atomic E-state index is -1.75. The van der Waals surface area contributed by atoms with Gasteiger partial charge in [0.05, 0.1) is 27.8 Å². The topological polar surface area (TPSA) is 203 Å². The highest BCUT2D eigenvalue weighted by atomic mass is 16.4. The van der Waals surface area contributed by atoms with Crippen LogP contribution in [0, 0.1) is 5.92 Å². The van der Waals surface area contributed by atoms with E-state index in [1.165, 1.54) is 6.07 Å². The summed E-state index contributed by atoms with van der Waals surface area (Å²) in [7, 11) is 0. The molecule has 2 aliphatic carbocycles. The van der Waals surface area contributed by atoms with E-state index in [1.54, 1.807) is 0 Å². The Kier molecular flexibility index (Phi) is 3.88. The molecule has 6 N–H and O–H groups in total. The minimum absolute atomic E-state index is 0.0837. The molecule has 1 heterocycles. The molecule has 1 aromatic heterocycles. The number of phenols is 2. The Hall–Kier alpha value is -4.80. The molecule has 0 aliphatic heterocycles. The van der Waals surface area contributed by atoms with E-state index in [4.69, 9.17) is 4.42 Å². The lowest BCUT2D eigenvalue weighted by molar-refractivity contribution is -0.118. The van der Waals surface area contributed by atoms with Gasteiger partial charge in [-0.05, 0) is 29.8 Å². The lowest BCUT2D eigenvalue weighted by atomic mass is 9.71. The van der Waals surface area contributed by atoms with Crippen LogP contribution in [0.5, 0.6) is 11.5 Å². The van der Waals surface area contributed by atoms with Crippen molar-refractivity contribution in [3.05, 3.63) is 58.1 Å². The number of rotatable bonds is 2. The van der Waals surface area contributed by atoms with Crippen LogP contribution in [0.25, 0.3) is 21.9 Å². The highest BCUT2D eigenvalue weighted by Gasteiger charge is 2.44. The number of hydrogen-bond acceptors (Lipinski definition) is 9. The van der Waals surface area contributed by atoms with Crippen LogP contribution >= 0.6 is 0 Å². The number of carbonyl (C=O) groups excluding carboxylic acids is 2. The number of Topliss-reactive ketones (excluding diaryl/α,β-unsaturated/α-hetero) is 2. The normalized spacial score (nSPS) is 19.8. The standard InChI is InChI=1S/C22H12O11/c23-9-1-5-6-3-11-15(18(26)13(6)20(28)17(25)7(5)2-10(9)24)16-12(33-11)4-8(21(29)30)14(19(16)27)22(31)32/h1-5,7,23-24,26-27H,(H,29,30)(H,31,32). The summed E-state index contributed by atoms with van der Waals surface area (Å²) in [5, 5.41) is 59.3. The molecule has 33 heavy (non-hydrogen) atoms. The second kappa shape index (κ2) is 6.36. The first-order valence-corrected chi connectivity index (χ1v) is 9.38. The maximum Gasteiger partial charge on any atom is 0.340 e. The van der Waals surface area contributed by atoms with Crippen molar-refractivity contribution in [2.24, 2.45) is 5.92 Å². The first kappa shape index (κ1) is 20.1. The van der Waals surface area contributed by atoms with Crippen LogP contribution in [0.1, 0.15) is 42.6 Å². The van der Waals surface area contributed by atoms with Crippen molar-refractivity contribution in [3.63, 3.8) is 0 Å². The lowest BCUT2D eigenvalue weighted by Crippen LogP contribution is -2.35. The number of aliphatic hydroxyl groups is 2. The third-order valence-corrected chi connectivity index (χ3v) is 5.91. The average Bonchev–Trinajstić information content (AvgIpc) is 3.12. The Balaban J connectivity index is 1.91. The van der Waals surface area contributed by atoms with Gasteiger partial charge in [-0.15, -0.1) is 0 Å². The summed E-state index contributed by atoms with van der Waals surface area (Å²) in [6.07, 6.45) is 2.16. The number of ketones is 2. The van der Waals surface area contributed by atoms with Crippen LogP contribution in [0.2, 0.25) is 0 Å². The molecule has 2 atom stereocenters. The Labute approximate surface area is 181 Å². The fourth-order valence-corrected chi connectivity index (χ4v) is 4.47. The number of carbonyl (C=O) groups is 4. The van der Waals surface area contributed by atoms with E-state index in [1.807, 2.05) is 0 Å². The van der Waals surface area contributed by atoms with E-state index in [0.717, 1.165) is 18.2 Å². The molecular formula is C22H12O11. The van der Waals surface area contributed by atoms with Gasteiger partial charge in [0, 0.05) is 5.92 Å². The van der Waals surface area contributed by atoms with E-state index in [-0.39, 0.29) is 27.5 Å². The van der Waals surface area contributed by atoms with Crippen LogP contribution in [-0.4, -0.2) is 54.1 Å². The van der Waals surface area contributed by atoms with Crippen LogP contribution in [-0.2, 0) is 4.79 Å². The fraction of sp³-hybridized carbons (Fsp3) is 0.0909. The number of aromatic carboxylic acids is 2. The molecule has 0 spiro atoms. The lowest BCUT2D eigenvalue weighted by Gasteiger charge is -2.30. The van der Waals surface area contributed by atoms with Crippen molar-refractivity contribution in [1.82, 2.24) is 0 Å². The summed E-state index contributed by atoms with van der Waals surface area (Å²) < 4.78 is 5.58. The van der Waals surface area contributed by atoms with E-state index in [9.17, 15) is 49.8 Å². The SMILES string of the molecule is O=C(O)c1cc2oc3cc4c(c(O)c3c2c(O)c1C(=O)O)C(=O)C(=O)C1C=C(O)C(O)=CC41. The number of allylic oxidation sites excluding steroid dienone is 2. The van der Waals surface area contributed by atoms with Crippen molar-refractivity contribution < 1.29 is 54.2 Å². The quantitative estimate of drug-likeness (QED) is 0.312. The fourth-order valence-electron chi connectivity index (χ4n) is 4.47. The third-order valence-electron chi connectivity index (χ3n) is 5.91. The Morgan fingerprint density at radius 2 is 1.36 bits per heavy atom. The predicted octanol–water partition coefficient (Wildman–Crippen LogP) is 2.76.